The van der Waals surface area contributed by atoms with Crippen molar-refractivity contribution in [3.8, 4) is 0 Å². The lowest BCUT2D eigenvalue weighted by atomic mass is 9.95. The second-order valence-electron chi connectivity index (χ2n) is 6.25. The van der Waals surface area contributed by atoms with Gasteiger partial charge in [0.15, 0.2) is 0 Å². The number of anilines is 1. The molecule has 0 unspecified atom stereocenters. The van der Waals surface area contributed by atoms with Crippen LogP contribution in [-0.4, -0.2) is 46.0 Å². The largest absolute Gasteiger partial charge is 0.396 e. The van der Waals surface area contributed by atoms with Crippen molar-refractivity contribution in [2.75, 3.05) is 24.6 Å². The summed E-state index contributed by atoms with van der Waals surface area (Å²) >= 11 is 0. The van der Waals surface area contributed by atoms with Crippen LogP contribution in [0, 0.1) is 11.3 Å². The minimum atomic E-state index is -0.461. The number of rotatable bonds is 3. The molecule has 2 N–H and O–H groups in total. The Hall–Kier alpha value is -1.98. The molecule has 4 rings (SSSR count). The van der Waals surface area contributed by atoms with Gasteiger partial charge in [0, 0.05) is 37.5 Å². The summed E-state index contributed by atoms with van der Waals surface area (Å²) in [5.74, 6) is 1.09. The van der Waals surface area contributed by atoms with E-state index in [1.807, 2.05) is 18.2 Å². The quantitative estimate of drug-likeness (QED) is 0.886. The second kappa shape index (κ2) is 5.04. The van der Waals surface area contributed by atoms with E-state index in [1.54, 1.807) is 18.6 Å². The molecule has 2 fully saturated rings. The number of β-amino-alcohol motifs (C(OH)–C–C–N with tert-alkyl or cyclic N) is 1. The summed E-state index contributed by atoms with van der Waals surface area (Å²) in [5.41, 5.74) is 0.926. The zero-order valence-corrected chi connectivity index (χ0v) is 12.2. The van der Waals surface area contributed by atoms with E-state index in [2.05, 4.69) is 27.0 Å². The zero-order chi connectivity index (χ0) is 15.2. The second-order valence-corrected chi connectivity index (χ2v) is 6.25. The highest BCUT2D eigenvalue weighted by Gasteiger charge is 2.71. The van der Waals surface area contributed by atoms with Crippen molar-refractivity contribution in [2.24, 2.45) is 11.3 Å². The lowest BCUT2D eigenvalue weighted by molar-refractivity contribution is 0.113. The van der Waals surface area contributed by atoms with Gasteiger partial charge in [0.25, 0.3) is 0 Å². The Morgan fingerprint density at radius 1 is 1.23 bits per heavy atom. The maximum atomic E-state index is 10.7. The fourth-order valence-corrected chi connectivity index (χ4v) is 4.20. The SMILES string of the molecule is OC[C@@H]1[C@@H](c2ccccc2)[C@]12CN(c1cnccn1)C[C@@H]2O. The van der Waals surface area contributed by atoms with Crippen molar-refractivity contribution < 1.29 is 10.2 Å². The molecule has 4 atom stereocenters. The van der Waals surface area contributed by atoms with Gasteiger partial charge in [-0.2, -0.15) is 0 Å². The molecule has 22 heavy (non-hydrogen) atoms. The predicted molar refractivity (Wildman–Crippen MR) is 82.4 cm³/mol. The van der Waals surface area contributed by atoms with E-state index in [1.165, 1.54) is 5.56 Å². The summed E-state index contributed by atoms with van der Waals surface area (Å²) in [7, 11) is 0. The zero-order valence-electron chi connectivity index (χ0n) is 12.2. The monoisotopic (exact) mass is 297 g/mol. The number of aromatic nitrogens is 2. The molecule has 5 nitrogen and oxygen atoms in total. The molecule has 2 aromatic rings. The van der Waals surface area contributed by atoms with Gasteiger partial charge in [0.2, 0.25) is 0 Å². The molecule has 1 saturated heterocycles. The summed E-state index contributed by atoms with van der Waals surface area (Å²) in [6.07, 6.45) is 4.57. The van der Waals surface area contributed by atoms with Gasteiger partial charge < -0.3 is 15.1 Å². The standard InChI is InChI=1S/C17H19N3O2/c21-10-13-16(12-4-2-1-3-5-12)17(13)11-20(9-14(17)22)15-8-18-6-7-19-15/h1-8,13-14,16,21-22H,9-11H2/t13-,14+,16-,17-/m1/s1. The summed E-state index contributed by atoms with van der Waals surface area (Å²) in [6, 6.07) is 10.2. The van der Waals surface area contributed by atoms with E-state index in [0.29, 0.717) is 13.1 Å². The maximum Gasteiger partial charge on any atom is 0.147 e. The fraction of sp³-hybridized carbons (Fsp3) is 0.412. The van der Waals surface area contributed by atoms with Crippen LogP contribution in [0.1, 0.15) is 11.5 Å². The van der Waals surface area contributed by atoms with Crippen LogP contribution in [0.15, 0.2) is 48.9 Å². The Morgan fingerprint density at radius 2 is 2.05 bits per heavy atom. The topological polar surface area (TPSA) is 69.5 Å². The molecule has 114 valence electrons. The first-order valence-corrected chi connectivity index (χ1v) is 7.62. The van der Waals surface area contributed by atoms with Gasteiger partial charge in [0.1, 0.15) is 5.82 Å². The van der Waals surface area contributed by atoms with E-state index in [0.717, 1.165) is 5.82 Å². The predicted octanol–water partition coefficient (Wildman–Crippen LogP) is 1.05. The lowest BCUT2D eigenvalue weighted by Crippen LogP contribution is -2.23. The summed E-state index contributed by atoms with van der Waals surface area (Å²) in [5, 5.41) is 20.5. The molecule has 5 heteroatoms. The molecular weight excluding hydrogens is 278 g/mol. The van der Waals surface area contributed by atoms with Crippen LogP contribution >= 0.6 is 0 Å². The van der Waals surface area contributed by atoms with Crippen molar-refractivity contribution in [3.63, 3.8) is 0 Å². The molecule has 2 aliphatic rings. The van der Waals surface area contributed by atoms with E-state index in [-0.39, 0.29) is 23.9 Å². The third-order valence-electron chi connectivity index (χ3n) is 5.27. The van der Waals surface area contributed by atoms with Crippen molar-refractivity contribution >= 4 is 5.82 Å². The molecule has 1 spiro atoms. The summed E-state index contributed by atoms with van der Waals surface area (Å²) < 4.78 is 0. The van der Waals surface area contributed by atoms with Crippen LogP contribution in [0.3, 0.4) is 0 Å². The number of aliphatic hydroxyl groups excluding tert-OH is 2. The van der Waals surface area contributed by atoms with Crippen LogP contribution in [0.5, 0.6) is 0 Å². The Morgan fingerprint density at radius 3 is 2.73 bits per heavy atom. The number of benzene rings is 1. The molecule has 0 bridgehead atoms. The number of nitrogens with zero attached hydrogens (tertiary/aromatic N) is 3. The number of hydrogen-bond donors (Lipinski definition) is 2. The van der Waals surface area contributed by atoms with Crippen molar-refractivity contribution in [1.29, 1.82) is 0 Å². The first-order chi connectivity index (χ1) is 10.8. The summed E-state index contributed by atoms with van der Waals surface area (Å²) in [6.45, 7) is 1.35. The lowest BCUT2D eigenvalue weighted by Gasteiger charge is -2.16. The van der Waals surface area contributed by atoms with Gasteiger partial charge in [0.05, 0.1) is 12.3 Å². The van der Waals surface area contributed by atoms with E-state index >= 15 is 0 Å². The van der Waals surface area contributed by atoms with Gasteiger partial charge in [-0.25, -0.2) is 4.98 Å². The van der Waals surface area contributed by atoms with Crippen molar-refractivity contribution in [1.82, 2.24) is 9.97 Å². The minimum Gasteiger partial charge on any atom is -0.396 e. The van der Waals surface area contributed by atoms with E-state index in [9.17, 15) is 10.2 Å². The average molecular weight is 297 g/mol. The van der Waals surface area contributed by atoms with Gasteiger partial charge >= 0.3 is 0 Å². The molecule has 0 radical (unpaired) electrons. The van der Waals surface area contributed by atoms with Gasteiger partial charge in [-0.3, -0.25) is 4.98 Å². The van der Waals surface area contributed by atoms with Crippen molar-refractivity contribution in [3.05, 3.63) is 54.5 Å². The normalized spacial score (nSPS) is 33.4. The average Bonchev–Trinajstić information content (AvgIpc) is 3.11. The highest BCUT2D eigenvalue weighted by atomic mass is 16.3. The van der Waals surface area contributed by atoms with Gasteiger partial charge in [-0.15, -0.1) is 0 Å². The smallest absolute Gasteiger partial charge is 0.147 e. The Bertz CT molecular complexity index is 651. The van der Waals surface area contributed by atoms with Crippen LogP contribution < -0.4 is 4.90 Å². The molecule has 1 aromatic carbocycles. The molecule has 1 saturated carbocycles. The molecule has 2 heterocycles. The van der Waals surface area contributed by atoms with Gasteiger partial charge in [-0.1, -0.05) is 30.3 Å². The Balaban J connectivity index is 1.64. The van der Waals surface area contributed by atoms with Crippen molar-refractivity contribution in [2.45, 2.75) is 12.0 Å². The first kappa shape index (κ1) is 13.7. The highest BCUT2D eigenvalue weighted by Crippen LogP contribution is 2.68. The first-order valence-electron chi connectivity index (χ1n) is 7.62. The van der Waals surface area contributed by atoms with Crippen LogP contribution in [0.4, 0.5) is 5.82 Å². The minimum absolute atomic E-state index is 0.102. The van der Waals surface area contributed by atoms with Gasteiger partial charge in [-0.05, 0) is 17.4 Å². The van der Waals surface area contributed by atoms with E-state index < -0.39 is 6.10 Å². The van der Waals surface area contributed by atoms with Crippen LogP contribution in [0.25, 0.3) is 0 Å². The number of aliphatic hydroxyl groups is 2. The molecule has 1 aromatic heterocycles. The molecule has 1 aliphatic carbocycles. The van der Waals surface area contributed by atoms with Crippen LogP contribution in [0.2, 0.25) is 0 Å². The highest BCUT2D eigenvalue weighted by molar-refractivity contribution is 5.45. The third-order valence-corrected chi connectivity index (χ3v) is 5.27. The number of hydrogen-bond acceptors (Lipinski definition) is 5. The van der Waals surface area contributed by atoms with Crippen LogP contribution in [-0.2, 0) is 0 Å². The summed E-state index contributed by atoms with van der Waals surface area (Å²) in [4.78, 5) is 10.5. The molecule has 0 amide bonds. The Kier molecular flexibility index (Phi) is 3.13. The molecule has 1 aliphatic heterocycles. The van der Waals surface area contributed by atoms with E-state index in [4.69, 9.17) is 0 Å². The molecular formula is C17H19N3O2. The Labute approximate surface area is 129 Å². The third kappa shape index (κ3) is 1.86. The maximum absolute atomic E-state index is 10.7. The fourth-order valence-electron chi connectivity index (χ4n) is 4.20.